The lowest BCUT2D eigenvalue weighted by Gasteiger charge is -2.10. The maximum Gasteiger partial charge on any atom is 0.266 e. The molecule has 2 rings (SSSR count). The van der Waals surface area contributed by atoms with Crippen LogP contribution in [0.4, 0.5) is 0 Å². The largest absolute Gasteiger partial charge is 0.293 e. The lowest BCUT2D eigenvalue weighted by molar-refractivity contribution is -0.122. The van der Waals surface area contributed by atoms with E-state index >= 15 is 0 Å². The van der Waals surface area contributed by atoms with E-state index in [1.54, 1.807) is 17.3 Å². The summed E-state index contributed by atoms with van der Waals surface area (Å²) in [5, 5.41) is 0. The minimum Gasteiger partial charge on any atom is -0.293 e. The zero-order chi connectivity index (χ0) is 10.8. The third-order valence-electron chi connectivity index (χ3n) is 2.24. The van der Waals surface area contributed by atoms with Crippen molar-refractivity contribution in [1.82, 2.24) is 4.90 Å². The average molecular weight is 238 g/mol. The minimum absolute atomic E-state index is 0.0300. The summed E-state index contributed by atoms with van der Waals surface area (Å²) in [5.41, 5.74) is 1.01. The number of thioether (sulfide) groups is 1. The number of allylic oxidation sites excluding steroid dienone is 2. The van der Waals surface area contributed by atoms with E-state index in [0.717, 1.165) is 10.5 Å². The van der Waals surface area contributed by atoms with Crippen LogP contribution in [0.1, 0.15) is 13.3 Å². The normalized spacial score (nSPS) is 25.5. The number of nitrogens with zero attached hydrogens (tertiary/aromatic N) is 2. The van der Waals surface area contributed by atoms with Crippen LogP contribution >= 0.6 is 24.0 Å². The molecular weight excluding hydrogens is 228 g/mol. The van der Waals surface area contributed by atoms with Crippen molar-refractivity contribution < 1.29 is 4.79 Å². The first-order chi connectivity index (χ1) is 7.24. The first-order valence-electron chi connectivity index (χ1n) is 4.69. The maximum absolute atomic E-state index is 11.9. The molecule has 5 heteroatoms. The van der Waals surface area contributed by atoms with E-state index in [1.807, 2.05) is 13.0 Å². The van der Waals surface area contributed by atoms with Crippen molar-refractivity contribution in [2.75, 3.05) is 6.54 Å². The zero-order valence-electron chi connectivity index (χ0n) is 8.27. The lowest BCUT2D eigenvalue weighted by atomic mass is 10.1. The van der Waals surface area contributed by atoms with E-state index in [9.17, 15) is 4.79 Å². The predicted molar refractivity (Wildman–Crippen MR) is 66.9 cm³/mol. The van der Waals surface area contributed by atoms with Crippen LogP contribution in [-0.2, 0) is 4.79 Å². The van der Waals surface area contributed by atoms with Crippen LogP contribution in [-0.4, -0.2) is 27.9 Å². The summed E-state index contributed by atoms with van der Waals surface area (Å²) in [6.07, 6.45) is 6.10. The number of carbonyl (C=O) groups is 1. The van der Waals surface area contributed by atoms with Gasteiger partial charge in [-0.1, -0.05) is 24.0 Å². The summed E-state index contributed by atoms with van der Waals surface area (Å²) in [6.45, 7) is 2.57. The van der Waals surface area contributed by atoms with E-state index in [4.69, 9.17) is 12.2 Å². The summed E-state index contributed by atoms with van der Waals surface area (Å²) in [6, 6.07) is 0. The van der Waals surface area contributed by atoms with Gasteiger partial charge < -0.3 is 0 Å². The number of carbonyl (C=O) groups excluding carboxylic acids is 1. The molecule has 3 nitrogen and oxygen atoms in total. The van der Waals surface area contributed by atoms with Gasteiger partial charge in [0.2, 0.25) is 0 Å². The SMILES string of the molecule is CCN1C(=O)C(=C2C=CN=CC2)SC1=S. The fourth-order valence-electron chi connectivity index (χ4n) is 1.45. The molecule has 0 spiro atoms. The van der Waals surface area contributed by atoms with Crippen LogP contribution in [0.5, 0.6) is 0 Å². The van der Waals surface area contributed by atoms with Gasteiger partial charge in [0.15, 0.2) is 0 Å². The molecule has 0 unspecified atom stereocenters. The van der Waals surface area contributed by atoms with Gasteiger partial charge in [0.25, 0.3) is 5.91 Å². The van der Waals surface area contributed by atoms with Crippen molar-refractivity contribution in [3.05, 3.63) is 22.8 Å². The molecule has 2 aliphatic heterocycles. The Labute approximate surface area is 97.9 Å². The zero-order valence-corrected chi connectivity index (χ0v) is 9.90. The van der Waals surface area contributed by atoms with E-state index in [2.05, 4.69) is 4.99 Å². The Morgan fingerprint density at radius 2 is 2.47 bits per heavy atom. The molecule has 1 saturated heterocycles. The third-order valence-corrected chi connectivity index (χ3v) is 3.74. The van der Waals surface area contributed by atoms with Crippen molar-refractivity contribution in [1.29, 1.82) is 0 Å². The van der Waals surface area contributed by atoms with Gasteiger partial charge in [0.1, 0.15) is 4.32 Å². The second-order valence-corrected chi connectivity index (χ2v) is 4.77. The van der Waals surface area contributed by atoms with Gasteiger partial charge >= 0.3 is 0 Å². The molecule has 0 aromatic heterocycles. The molecular formula is C10H10N2OS2. The van der Waals surface area contributed by atoms with Crippen LogP contribution in [0.15, 0.2) is 27.7 Å². The fraction of sp³-hybridized carbons (Fsp3) is 0.300. The van der Waals surface area contributed by atoms with Gasteiger partial charge in [-0.3, -0.25) is 14.7 Å². The topological polar surface area (TPSA) is 32.7 Å². The number of rotatable bonds is 1. The quantitative estimate of drug-likeness (QED) is 0.518. The second-order valence-electron chi connectivity index (χ2n) is 3.12. The summed E-state index contributed by atoms with van der Waals surface area (Å²) >= 11 is 6.53. The first-order valence-corrected chi connectivity index (χ1v) is 5.91. The van der Waals surface area contributed by atoms with Gasteiger partial charge in [-0.2, -0.15) is 0 Å². The van der Waals surface area contributed by atoms with Gasteiger partial charge in [-0.05, 0) is 18.6 Å². The van der Waals surface area contributed by atoms with Gasteiger partial charge in [-0.25, -0.2) is 0 Å². The number of thiocarbonyl (C=S) groups is 1. The molecule has 0 radical (unpaired) electrons. The number of amides is 1. The Morgan fingerprint density at radius 3 is 3.00 bits per heavy atom. The van der Waals surface area contributed by atoms with E-state index in [1.165, 1.54) is 11.8 Å². The van der Waals surface area contributed by atoms with Crippen LogP contribution in [0.3, 0.4) is 0 Å². The highest BCUT2D eigenvalue weighted by Crippen LogP contribution is 2.34. The molecule has 0 aromatic carbocycles. The number of likely N-dealkylation sites (N-methyl/N-ethyl adjacent to an activating group) is 1. The minimum atomic E-state index is 0.0300. The molecule has 1 amide bonds. The molecule has 0 atom stereocenters. The molecule has 0 aromatic rings. The highest BCUT2D eigenvalue weighted by molar-refractivity contribution is 8.26. The van der Waals surface area contributed by atoms with Gasteiger partial charge in [0, 0.05) is 25.4 Å². The summed E-state index contributed by atoms with van der Waals surface area (Å²) in [7, 11) is 0. The van der Waals surface area contributed by atoms with Crippen molar-refractivity contribution in [2.24, 2.45) is 4.99 Å². The monoisotopic (exact) mass is 238 g/mol. The molecule has 78 valence electrons. The number of aliphatic imine (C=N–C) groups is 1. The van der Waals surface area contributed by atoms with Crippen molar-refractivity contribution in [3.8, 4) is 0 Å². The number of hydrogen-bond donors (Lipinski definition) is 0. The Kier molecular flexibility index (Phi) is 3.02. The molecule has 0 bridgehead atoms. The van der Waals surface area contributed by atoms with Crippen LogP contribution < -0.4 is 0 Å². The van der Waals surface area contributed by atoms with Crippen molar-refractivity contribution >= 4 is 40.4 Å². The smallest absolute Gasteiger partial charge is 0.266 e. The van der Waals surface area contributed by atoms with Crippen molar-refractivity contribution in [3.63, 3.8) is 0 Å². The van der Waals surface area contributed by atoms with E-state index < -0.39 is 0 Å². The standard InChI is InChI=1S/C10H10N2OS2/c1-2-12-9(13)8(15-10(12)14)7-3-5-11-6-4-7/h3,5-6H,2,4H2,1H3. The van der Waals surface area contributed by atoms with Gasteiger partial charge in [0.05, 0.1) is 4.91 Å². The summed E-state index contributed by atoms with van der Waals surface area (Å²) < 4.78 is 0.654. The van der Waals surface area contributed by atoms with Crippen molar-refractivity contribution in [2.45, 2.75) is 13.3 Å². The molecule has 2 aliphatic rings. The molecule has 0 saturated carbocycles. The van der Waals surface area contributed by atoms with Crippen LogP contribution in [0, 0.1) is 0 Å². The fourth-order valence-corrected chi connectivity index (χ4v) is 2.89. The highest BCUT2D eigenvalue weighted by atomic mass is 32.2. The molecule has 0 N–H and O–H groups in total. The molecule has 1 fully saturated rings. The number of hydrogen-bond acceptors (Lipinski definition) is 4. The second kappa shape index (κ2) is 4.28. The molecule has 0 aliphatic carbocycles. The maximum atomic E-state index is 11.9. The Balaban J connectivity index is 2.33. The lowest BCUT2D eigenvalue weighted by Crippen LogP contribution is -2.27. The Bertz CT molecular complexity index is 410. The Hall–Kier alpha value is -0.940. The van der Waals surface area contributed by atoms with Crippen LogP contribution in [0.25, 0.3) is 0 Å². The molecule has 2 heterocycles. The summed E-state index contributed by atoms with van der Waals surface area (Å²) in [5.74, 6) is 0.0300. The van der Waals surface area contributed by atoms with E-state index in [-0.39, 0.29) is 5.91 Å². The predicted octanol–water partition coefficient (Wildman–Crippen LogP) is 2.11. The third kappa shape index (κ3) is 1.89. The molecule has 15 heavy (non-hydrogen) atoms. The highest BCUT2D eigenvalue weighted by Gasteiger charge is 2.32. The van der Waals surface area contributed by atoms with E-state index in [0.29, 0.717) is 17.3 Å². The first kappa shape index (κ1) is 10.6. The van der Waals surface area contributed by atoms with Gasteiger partial charge in [-0.15, -0.1) is 0 Å². The average Bonchev–Trinajstić information content (AvgIpc) is 2.55. The van der Waals surface area contributed by atoms with Crippen LogP contribution in [0.2, 0.25) is 0 Å². The summed E-state index contributed by atoms with van der Waals surface area (Å²) in [4.78, 5) is 18.3. The Morgan fingerprint density at radius 1 is 1.67 bits per heavy atom.